The average Bonchev–Trinajstić information content (AvgIpc) is 3.49. The highest BCUT2D eigenvalue weighted by Crippen LogP contribution is 2.34. The van der Waals surface area contributed by atoms with Crippen LogP contribution in [0.1, 0.15) is 12.1 Å². The summed E-state index contributed by atoms with van der Waals surface area (Å²) in [4.78, 5) is 9.35. The summed E-state index contributed by atoms with van der Waals surface area (Å²) in [5.41, 5.74) is 6.93. The predicted octanol–water partition coefficient (Wildman–Crippen LogP) is 3.19. The van der Waals surface area contributed by atoms with Gasteiger partial charge in [0, 0.05) is 61.1 Å². The van der Waals surface area contributed by atoms with Gasteiger partial charge in [0.25, 0.3) is 0 Å². The highest BCUT2D eigenvalue weighted by Gasteiger charge is 2.19. The van der Waals surface area contributed by atoms with Gasteiger partial charge in [0.05, 0.1) is 11.7 Å². The molecule has 0 spiro atoms. The van der Waals surface area contributed by atoms with E-state index < -0.39 is 0 Å². The van der Waals surface area contributed by atoms with E-state index in [1.165, 1.54) is 23.2 Å². The highest BCUT2D eigenvalue weighted by atomic mass is 15.3. The van der Waals surface area contributed by atoms with Gasteiger partial charge in [-0.3, -0.25) is 9.78 Å². The molecule has 2 aliphatic heterocycles. The number of likely N-dealkylation sites (N-methyl/N-ethyl adjacent to an activating group) is 1. The summed E-state index contributed by atoms with van der Waals surface area (Å²) in [6.07, 6.45) is 6.19. The van der Waals surface area contributed by atoms with E-state index in [-0.39, 0.29) is 0 Å². The van der Waals surface area contributed by atoms with Crippen LogP contribution >= 0.6 is 0 Å². The van der Waals surface area contributed by atoms with Gasteiger partial charge in [-0.25, -0.2) is 4.98 Å². The van der Waals surface area contributed by atoms with E-state index in [0.717, 1.165) is 67.1 Å². The second kappa shape index (κ2) is 6.95. The molecule has 30 heavy (non-hydrogen) atoms. The Bertz CT molecular complexity index is 1210. The number of fused-ring (bicyclic) bond motifs is 2. The fourth-order valence-corrected chi connectivity index (χ4v) is 4.68. The summed E-state index contributed by atoms with van der Waals surface area (Å²) in [6, 6.07) is 10.8. The van der Waals surface area contributed by atoms with Crippen molar-refractivity contribution in [3.63, 3.8) is 0 Å². The molecule has 0 atom stereocenters. The molecule has 1 aromatic carbocycles. The van der Waals surface area contributed by atoms with Crippen LogP contribution in [0, 0.1) is 0 Å². The lowest BCUT2D eigenvalue weighted by atomic mass is 10.0. The SMILES string of the molecule is CN1CCN(c2cc(-c3n[nH]c4ccc(-c5cnn6c5CCC6)cc34)ccn2)CC1. The van der Waals surface area contributed by atoms with Gasteiger partial charge in [-0.15, -0.1) is 0 Å². The standard InChI is InChI=1S/C23H25N7/c1-28-9-11-29(12-10-28)22-14-17(6-7-24-22)23-18-13-16(4-5-20(18)26-27-23)19-15-25-30-8-2-3-21(19)30/h4-7,13-15H,2-3,8-12H2,1H3,(H,26,27). The second-order valence-electron chi connectivity index (χ2n) is 8.36. The minimum atomic E-state index is 0.980. The van der Waals surface area contributed by atoms with Gasteiger partial charge in [-0.2, -0.15) is 10.2 Å². The molecule has 1 N–H and O–H groups in total. The molecule has 5 heterocycles. The number of hydrogen-bond donors (Lipinski definition) is 1. The molecule has 7 heteroatoms. The van der Waals surface area contributed by atoms with E-state index >= 15 is 0 Å². The highest BCUT2D eigenvalue weighted by molar-refractivity contribution is 5.96. The topological polar surface area (TPSA) is 65.9 Å². The molecule has 3 aromatic heterocycles. The number of aromatic amines is 1. The fraction of sp³-hybridized carbons (Fsp3) is 0.348. The van der Waals surface area contributed by atoms with Gasteiger partial charge in [0.1, 0.15) is 11.5 Å². The largest absolute Gasteiger partial charge is 0.354 e. The van der Waals surface area contributed by atoms with Crippen molar-refractivity contribution in [1.29, 1.82) is 0 Å². The molecule has 0 radical (unpaired) electrons. The minimum absolute atomic E-state index is 0.980. The van der Waals surface area contributed by atoms with Gasteiger partial charge in [0.2, 0.25) is 0 Å². The van der Waals surface area contributed by atoms with Crippen molar-refractivity contribution in [2.24, 2.45) is 0 Å². The Labute approximate surface area is 175 Å². The van der Waals surface area contributed by atoms with E-state index in [1.54, 1.807) is 0 Å². The number of aromatic nitrogens is 5. The predicted molar refractivity (Wildman–Crippen MR) is 119 cm³/mol. The number of rotatable bonds is 3. The van der Waals surface area contributed by atoms with Crippen molar-refractivity contribution in [3.05, 3.63) is 48.4 Å². The van der Waals surface area contributed by atoms with E-state index in [2.05, 4.69) is 72.1 Å². The first-order chi connectivity index (χ1) is 14.8. The number of benzene rings is 1. The van der Waals surface area contributed by atoms with Crippen LogP contribution < -0.4 is 4.90 Å². The first kappa shape index (κ1) is 17.7. The molecule has 1 fully saturated rings. The maximum Gasteiger partial charge on any atom is 0.129 e. The van der Waals surface area contributed by atoms with Gasteiger partial charge in [0.15, 0.2) is 0 Å². The minimum Gasteiger partial charge on any atom is -0.354 e. The summed E-state index contributed by atoms with van der Waals surface area (Å²) in [7, 11) is 2.17. The zero-order chi connectivity index (χ0) is 20.1. The summed E-state index contributed by atoms with van der Waals surface area (Å²) in [5.74, 6) is 1.03. The Morgan fingerprint density at radius 1 is 0.967 bits per heavy atom. The van der Waals surface area contributed by atoms with Crippen LogP contribution in [0.15, 0.2) is 42.7 Å². The average molecular weight is 400 g/mol. The lowest BCUT2D eigenvalue weighted by molar-refractivity contribution is 0.312. The van der Waals surface area contributed by atoms with Crippen molar-refractivity contribution >= 4 is 16.7 Å². The van der Waals surface area contributed by atoms with Crippen molar-refractivity contribution in [2.45, 2.75) is 19.4 Å². The van der Waals surface area contributed by atoms with Crippen LogP contribution in [0.2, 0.25) is 0 Å². The van der Waals surface area contributed by atoms with Crippen LogP contribution in [0.25, 0.3) is 33.3 Å². The molecule has 0 bridgehead atoms. The molecule has 0 saturated carbocycles. The number of pyridine rings is 1. The Kier molecular flexibility index (Phi) is 4.09. The van der Waals surface area contributed by atoms with E-state index in [9.17, 15) is 0 Å². The molecule has 6 rings (SSSR count). The molecule has 7 nitrogen and oxygen atoms in total. The normalized spacial score (nSPS) is 17.0. The zero-order valence-electron chi connectivity index (χ0n) is 17.2. The third kappa shape index (κ3) is 2.89. The Balaban J connectivity index is 1.39. The Morgan fingerprint density at radius 3 is 2.77 bits per heavy atom. The van der Waals surface area contributed by atoms with Crippen molar-refractivity contribution in [1.82, 2.24) is 29.9 Å². The molecular weight excluding hydrogens is 374 g/mol. The third-order valence-corrected chi connectivity index (χ3v) is 6.45. The lowest BCUT2D eigenvalue weighted by Crippen LogP contribution is -2.44. The maximum absolute atomic E-state index is 4.66. The van der Waals surface area contributed by atoms with E-state index in [0.29, 0.717) is 0 Å². The van der Waals surface area contributed by atoms with Crippen LogP contribution in [0.5, 0.6) is 0 Å². The number of aryl methyl sites for hydroxylation is 1. The fourth-order valence-electron chi connectivity index (χ4n) is 4.68. The second-order valence-corrected chi connectivity index (χ2v) is 8.36. The van der Waals surface area contributed by atoms with Gasteiger partial charge in [-0.1, -0.05) is 6.07 Å². The van der Waals surface area contributed by atoms with Crippen molar-refractivity contribution < 1.29 is 0 Å². The Morgan fingerprint density at radius 2 is 1.87 bits per heavy atom. The molecular formula is C23H25N7. The zero-order valence-corrected chi connectivity index (χ0v) is 17.2. The van der Waals surface area contributed by atoms with Crippen LogP contribution in [-0.4, -0.2) is 63.1 Å². The van der Waals surface area contributed by atoms with Crippen molar-refractivity contribution in [3.8, 4) is 22.4 Å². The van der Waals surface area contributed by atoms with E-state index in [4.69, 9.17) is 0 Å². The van der Waals surface area contributed by atoms with Crippen LogP contribution in [0.3, 0.4) is 0 Å². The van der Waals surface area contributed by atoms with Crippen LogP contribution in [0.4, 0.5) is 5.82 Å². The number of hydrogen-bond acceptors (Lipinski definition) is 5. The molecule has 0 amide bonds. The smallest absolute Gasteiger partial charge is 0.129 e. The number of nitrogens with one attached hydrogen (secondary N) is 1. The van der Waals surface area contributed by atoms with Gasteiger partial charge in [-0.05, 0) is 49.7 Å². The summed E-state index contributed by atoms with van der Waals surface area (Å²) in [5, 5.41) is 13.6. The summed E-state index contributed by atoms with van der Waals surface area (Å²) in [6.45, 7) is 5.17. The maximum atomic E-state index is 4.66. The molecule has 0 unspecified atom stereocenters. The number of nitrogens with zero attached hydrogens (tertiary/aromatic N) is 6. The molecule has 152 valence electrons. The van der Waals surface area contributed by atoms with E-state index in [1.807, 2.05) is 12.4 Å². The molecule has 4 aromatic rings. The van der Waals surface area contributed by atoms with Gasteiger partial charge >= 0.3 is 0 Å². The van der Waals surface area contributed by atoms with Crippen molar-refractivity contribution in [2.75, 3.05) is 38.1 Å². The molecule has 2 aliphatic rings. The summed E-state index contributed by atoms with van der Waals surface area (Å²) < 4.78 is 2.14. The first-order valence-electron chi connectivity index (χ1n) is 10.7. The molecule has 0 aliphatic carbocycles. The third-order valence-electron chi connectivity index (χ3n) is 6.45. The quantitative estimate of drug-likeness (QED) is 0.573. The monoisotopic (exact) mass is 399 g/mol. The number of anilines is 1. The van der Waals surface area contributed by atoms with Crippen LogP contribution in [-0.2, 0) is 13.0 Å². The lowest BCUT2D eigenvalue weighted by Gasteiger charge is -2.33. The van der Waals surface area contributed by atoms with Gasteiger partial charge < -0.3 is 9.80 Å². The number of piperazine rings is 1. The summed E-state index contributed by atoms with van der Waals surface area (Å²) >= 11 is 0. The molecule has 1 saturated heterocycles. The first-order valence-corrected chi connectivity index (χ1v) is 10.7. The number of H-pyrrole nitrogens is 1. The Hall–Kier alpha value is -3.19.